The first kappa shape index (κ1) is 17.1. The highest BCUT2D eigenvalue weighted by Crippen LogP contribution is 2.07. The van der Waals surface area contributed by atoms with Crippen molar-refractivity contribution in [2.45, 2.75) is 25.5 Å². The molecule has 2 atom stereocenters. The summed E-state index contributed by atoms with van der Waals surface area (Å²) in [7, 11) is 0. The van der Waals surface area contributed by atoms with E-state index >= 15 is 0 Å². The average molecular weight is 317 g/mol. The van der Waals surface area contributed by atoms with Gasteiger partial charge in [-0.15, -0.1) is 0 Å². The van der Waals surface area contributed by atoms with E-state index in [0.717, 1.165) is 0 Å². The molecule has 120 valence electrons. The predicted molar refractivity (Wildman–Crippen MR) is 61.7 cm³/mol. The van der Waals surface area contributed by atoms with Crippen molar-refractivity contribution in [3.63, 3.8) is 0 Å². The molecule has 0 fully saturated rings. The SMILES string of the molecule is CC(N)C(=O)OC1CC(=O)OOC(=O)/C=C\C(=O)OOC1=O. The molecule has 1 heterocycles. The number of carbonyl (C=O) groups is 5. The third-order valence-corrected chi connectivity index (χ3v) is 2.02. The molecule has 0 spiro atoms. The first-order chi connectivity index (χ1) is 10.3. The number of ether oxygens (including phenoxy) is 1. The normalized spacial score (nSPS) is 22.7. The number of hydrogen-bond donors (Lipinski definition) is 1. The molecule has 1 aliphatic heterocycles. The van der Waals surface area contributed by atoms with Gasteiger partial charge in [-0.3, -0.25) is 4.79 Å². The molecule has 0 bridgehead atoms. The van der Waals surface area contributed by atoms with Crippen LogP contribution >= 0.6 is 0 Å². The van der Waals surface area contributed by atoms with Gasteiger partial charge in [-0.25, -0.2) is 38.7 Å². The van der Waals surface area contributed by atoms with Crippen molar-refractivity contribution < 1.29 is 48.3 Å². The second-order valence-corrected chi connectivity index (χ2v) is 3.91. The second kappa shape index (κ2) is 7.73. The van der Waals surface area contributed by atoms with Crippen molar-refractivity contribution >= 4 is 29.8 Å². The lowest BCUT2D eigenvalue weighted by Gasteiger charge is -2.15. The third kappa shape index (κ3) is 5.58. The molecule has 2 N–H and O–H groups in total. The average Bonchev–Trinajstić information content (AvgIpc) is 2.46. The van der Waals surface area contributed by atoms with Crippen LogP contribution in [0.15, 0.2) is 12.2 Å². The van der Waals surface area contributed by atoms with Gasteiger partial charge in [-0.2, -0.15) is 0 Å². The van der Waals surface area contributed by atoms with Crippen LogP contribution in [0.4, 0.5) is 0 Å². The van der Waals surface area contributed by atoms with Gasteiger partial charge in [0, 0.05) is 12.2 Å². The van der Waals surface area contributed by atoms with E-state index in [9.17, 15) is 24.0 Å². The van der Waals surface area contributed by atoms with Crippen molar-refractivity contribution in [1.82, 2.24) is 0 Å². The molecule has 22 heavy (non-hydrogen) atoms. The maximum Gasteiger partial charge on any atom is 0.396 e. The smallest absolute Gasteiger partial charge is 0.396 e. The first-order valence-electron chi connectivity index (χ1n) is 5.77. The van der Waals surface area contributed by atoms with Crippen LogP contribution in [0.3, 0.4) is 0 Å². The van der Waals surface area contributed by atoms with Gasteiger partial charge in [0.05, 0.1) is 6.42 Å². The van der Waals surface area contributed by atoms with Crippen LogP contribution in [0.25, 0.3) is 0 Å². The number of nitrogens with two attached hydrogens (primary N) is 1. The summed E-state index contributed by atoms with van der Waals surface area (Å²) in [5.74, 6) is -6.02. The van der Waals surface area contributed by atoms with E-state index in [-0.39, 0.29) is 0 Å². The van der Waals surface area contributed by atoms with Gasteiger partial charge >= 0.3 is 29.8 Å². The number of rotatable bonds is 2. The topological polar surface area (TPSA) is 158 Å². The van der Waals surface area contributed by atoms with Crippen molar-refractivity contribution in [2.24, 2.45) is 5.73 Å². The summed E-state index contributed by atoms with van der Waals surface area (Å²) >= 11 is 0. The summed E-state index contributed by atoms with van der Waals surface area (Å²) in [6.07, 6.45) is -1.54. The zero-order valence-corrected chi connectivity index (χ0v) is 11.2. The van der Waals surface area contributed by atoms with Gasteiger partial charge < -0.3 is 10.5 Å². The molecule has 0 saturated heterocycles. The predicted octanol–water partition coefficient (Wildman–Crippen LogP) is -1.79. The van der Waals surface area contributed by atoms with Crippen LogP contribution in [-0.4, -0.2) is 42.0 Å². The summed E-state index contributed by atoms with van der Waals surface area (Å²) in [6, 6.07) is -1.09. The minimum absolute atomic E-state index is 0.550. The quantitative estimate of drug-likeness (QED) is 0.452. The summed E-state index contributed by atoms with van der Waals surface area (Å²) < 4.78 is 4.61. The number of carbonyl (C=O) groups excluding carboxylic acids is 5. The fourth-order valence-corrected chi connectivity index (χ4v) is 1.02. The Morgan fingerprint density at radius 3 is 2.23 bits per heavy atom. The van der Waals surface area contributed by atoms with E-state index in [1.807, 2.05) is 0 Å². The van der Waals surface area contributed by atoms with Crippen molar-refractivity contribution in [2.75, 3.05) is 0 Å². The molecule has 11 heteroatoms. The van der Waals surface area contributed by atoms with Crippen molar-refractivity contribution in [3.8, 4) is 0 Å². The van der Waals surface area contributed by atoms with E-state index in [1.165, 1.54) is 6.92 Å². The van der Waals surface area contributed by atoms with Crippen molar-refractivity contribution in [1.29, 1.82) is 0 Å². The Hall–Kier alpha value is -2.95. The second-order valence-electron chi connectivity index (χ2n) is 3.91. The third-order valence-electron chi connectivity index (χ3n) is 2.02. The van der Waals surface area contributed by atoms with Gasteiger partial charge in [0.15, 0.2) is 0 Å². The lowest BCUT2D eigenvalue weighted by Crippen LogP contribution is -2.38. The molecule has 0 aliphatic carbocycles. The molecule has 0 aromatic carbocycles. The Labute approximate surface area is 122 Å². The Morgan fingerprint density at radius 2 is 1.68 bits per heavy atom. The Balaban J connectivity index is 2.86. The molecule has 0 aromatic heterocycles. The van der Waals surface area contributed by atoms with Gasteiger partial charge in [-0.1, -0.05) is 0 Å². The molecule has 11 nitrogen and oxygen atoms in total. The summed E-state index contributed by atoms with van der Waals surface area (Å²) in [4.78, 5) is 72.5. The molecule has 0 saturated carbocycles. The van der Waals surface area contributed by atoms with E-state index in [0.29, 0.717) is 12.2 Å². The standard InChI is InChI=1S/C11H11NO10/c1-5(12)10(16)18-6-4-9(15)21-19-7(13)2-3-8(14)20-22-11(6)17/h2-3,5-6H,4,12H2,1H3/b3-2-. The fraction of sp³-hybridized carbons (Fsp3) is 0.364. The maximum absolute atomic E-state index is 11.6. The molecular weight excluding hydrogens is 306 g/mol. The number of hydrogen-bond acceptors (Lipinski definition) is 11. The van der Waals surface area contributed by atoms with Gasteiger partial charge in [0.2, 0.25) is 6.10 Å². The van der Waals surface area contributed by atoms with E-state index in [1.54, 1.807) is 0 Å². The van der Waals surface area contributed by atoms with Gasteiger partial charge in [-0.05, 0) is 6.92 Å². The number of esters is 1. The van der Waals surface area contributed by atoms with Crippen LogP contribution in [0.5, 0.6) is 0 Å². The molecule has 2 unspecified atom stereocenters. The molecule has 0 radical (unpaired) electrons. The van der Waals surface area contributed by atoms with Crippen LogP contribution in [0.1, 0.15) is 13.3 Å². The van der Waals surface area contributed by atoms with Gasteiger partial charge in [0.1, 0.15) is 6.04 Å². The summed E-state index contributed by atoms with van der Waals surface area (Å²) in [5, 5.41) is 0. The first-order valence-corrected chi connectivity index (χ1v) is 5.77. The van der Waals surface area contributed by atoms with Crippen LogP contribution in [-0.2, 0) is 48.3 Å². The Morgan fingerprint density at radius 1 is 1.14 bits per heavy atom. The van der Waals surface area contributed by atoms with E-state index < -0.39 is 48.4 Å². The highest BCUT2D eigenvalue weighted by molar-refractivity contribution is 5.92. The maximum atomic E-state index is 11.6. The molecule has 0 aromatic rings. The Kier molecular flexibility index (Phi) is 6.01. The van der Waals surface area contributed by atoms with Gasteiger partial charge in [0.25, 0.3) is 0 Å². The van der Waals surface area contributed by atoms with E-state index in [4.69, 9.17) is 5.73 Å². The lowest BCUT2D eigenvalue weighted by molar-refractivity contribution is -0.267. The Bertz CT molecular complexity index is 523. The lowest BCUT2D eigenvalue weighted by atomic mass is 10.2. The highest BCUT2D eigenvalue weighted by Gasteiger charge is 2.32. The minimum atomic E-state index is -1.80. The minimum Gasteiger partial charge on any atom is -0.448 e. The zero-order valence-electron chi connectivity index (χ0n) is 11.2. The van der Waals surface area contributed by atoms with E-state index in [2.05, 4.69) is 24.3 Å². The molecule has 0 amide bonds. The molecular formula is C11H11NO10. The largest absolute Gasteiger partial charge is 0.448 e. The highest BCUT2D eigenvalue weighted by atomic mass is 17.2. The fourth-order valence-electron chi connectivity index (χ4n) is 1.02. The molecule has 1 aliphatic rings. The monoisotopic (exact) mass is 317 g/mol. The van der Waals surface area contributed by atoms with Crippen LogP contribution < -0.4 is 5.73 Å². The van der Waals surface area contributed by atoms with Crippen LogP contribution in [0, 0.1) is 0 Å². The zero-order chi connectivity index (χ0) is 16.7. The van der Waals surface area contributed by atoms with Crippen LogP contribution in [0.2, 0.25) is 0 Å². The summed E-state index contributed by atoms with van der Waals surface area (Å²) in [6.45, 7) is 1.27. The van der Waals surface area contributed by atoms with Crippen molar-refractivity contribution in [3.05, 3.63) is 12.2 Å². The summed E-state index contributed by atoms with van der Waals surface area (Å²) in [5.41, 5.74) is 5.24. The molecule has 1 rings (SSSR count).